The number of aryl methyl sites for hydroxylation is 1. The van der Waals surface area contributed by atoms with Gasteiger partial charge in [0, 0.05) is 18.2 Å². The van der Waals surface area contributed by atoms with Crippen LogP contribution in [-0.4, -0.2) is 38.8 Å². The fourth-order valence-corrected chi connectivity index (χ4v) is 2.56. The second-order valence-corrected chi connectivity index (χ2v) is 5.76. The SMILES string of the molecule is CNC(=O)C(=NOC)c1ccccc1COc1ccc(C(=O)NOC)cc1C. The first-order chi connectivity index (χ1) is 13.5. The molecule has 2 aromatic carbocycles. The number of ether oxygens (including phenoxy) is 1. The monoisotopic (exact) mass is 385 g/mol. The molecule has 2 rings (SSSR count). The van der Waals surface area contributed by atoms with E-state index in [1.165, 1.54) is 21.3 Å². The van der Waals surface area contributed by atoms with E-state index in [1.807, 2.05) is 19.1 Å². The van der Waals surface area contributed by atoms with Crippen molar-refractivity contribution in [3.05, 3.63) is 64.7 Å². The standard InChI is InChI=1S/C20H23N3O5/c1-13-11-14(19(24)23-27-4)9-10-17(13)28-12-15-7-5-6-8-16(15)18(22-26-3)20(25)21-2/h5-11H,12H2,1-4H3,(H,21,25)(H,23,24). The van der Waals surface area contributed by atoms with Crippen LogP contribution in [0.5, 0.6) is 5.75 Å². The summed E-state index contributed by atoms with van der Waals surface area (Å²) in [5.41, 5.74) is 5.06. The summed E-state index contributed by atoms with van der Waals surface area (Å²) < 4.78 is 5.91. The highest BCUT2D eigenvalue weighted by atomic mass is 16.6. The molecule has 8 heteroatoms. The van der Waals surface area contributed by atoms with Crippen LogP contribution in [-0.2, 0) is 21.1 Å². The molecule has 0 unspecified atom stereocenters. The Kier molecular flexibility index (Phi) is 7.53. The van der Waals surface area contributed by atoms with Gasteiger partial charge in [0.1, 0.15) is 19.5 Å². The van der Waals surface area contributed by atoms with Crippen LogP contribution in [0.15, 0.2) is 47.6 Å². The van der Waals surface area contributed by atoms with E-state index in [9.17, 15) is 9.59 Å². The summed E-state index contributed by atoms with van der Waals surface area (Å²) in [5, 5.41) is 6.39. The molecule has 2 amide bonds. The lowest BCUT2D eigenvalue weighted by Gasteiger charge is -2.14. The predicted octanol–water partition coefficient (Wildman–Crippen LogP) is 1.96. The Morgan fingerprint density at radius 2 is 1.86 bits per heavy atom. The van der Waals surface area contributed by atoms with Crippen molar-refractivity contribution < 1.29 is 24.0 Å². The van der Waals surface area contributed by atoms with E-state index in [-0.39, 0.29) is 24.1 Å². The maximum absolute atomic E-state index is 12.1. The molecular formula is C20H23N3O5. The first-order valence-electron chi connectivity index (χ1n) is 8.50. The van der Waals surface area contributed by atoms with Gasteiger partial charge in [0.25, 0.3) is 11.8 Å². The van der Waals surface area contributed by atoms with Gasteiger partial charge >= 0.3 is 0 Å². The maximum atomic E-state index is 12.1. The van der Waals surface area contributed by atoms with Gasteiger partial charge in [-0.2, -0.15) is 0 Å². The van der Waals surface area contributed by atoms with Crippen molar-refractivity contribution in [2.75, 3.05) is 21.3 Å². The summed E-state index contributed by atoms with van der Waals surface area (Å²) in [5.74, 6) is -0.0820. The molecule has 0 atom stereocenters. The highest BCUT2D eigenvalue weighted by molar-refractivity contribution is 6.45. The van der Waals surface area contributed by atoms with Crippen molar-refractivity contribution in [1.29, 1.82) is 0 Å². The Balaban J connectivity index is 2.23. The molecule has 8 nitrogen and oxygen atoms in total. The van der Waals surface area contributed by atoms with Crippen LogP contribution in [0.25, 0.3) is 0 Å². The highest BCUT2D eigenvalue weighted by Gasteiger charge is 2.17. The average Bonchev–Trinajstić information content (AvgIpc) is 2.71. The molecule has 2 N–H and O–H groups in total. The van der Waals surface area contributed by atoms with Gasteiger partial charge in [-0.1, -0.05) is 29.4 Å². The zero-order chi connectivity index (χ0) is 20.5. The van der Waals surface area contributed by atoms with E-state index in [0.717, 1.165) is 11.1 Å². The third-order valence-corrected chi connectivity index (χ3v) is 3.91. The summed E-state index contributed by atoms with van der Waals surface area (Å²) in [4.78, 5) is 33.4. The first kappa shape index (κ1) is 20.9. The van der Waals surface area contributed by atoms with Gasteiger partial charge in [0.15, 0.2) is 5.71 Å². The highest BCUT2D eigenvalue weighted by Crippen LogP contribution is 2.22. The van der Waals surface area contributed by atoms with Gasteiger partial charge in [-0.3, -0.25) is 14.4 Å². The molecule has 0 saturated carbocycles. The van der Waals surface area contributed by atoms with Crippen molar-refractivity contribution in [1.82, 2.24) is 10.8 Å². The normalized spacial score (nSPS) is 10.9. The van der Waals surface area contributed by atoms with Crippen molar-refractivity contribution in [3.8, 4) is 5.75 Å². The second kappa shape index (κ2) is 10.1. The smallest absolute Gasteiger partial charge is 0.274 e. The van der Waals surface area contributed by atoms with E-state index in [0.29, 0.717) is 16.9 Å². The number of hydroxylamine groups is 1. The van der Waals surface area contributed by atoms with Gasteiger partial charge < -0.3 is 14.9 Å². The minimum absolute atomic E-state index is 0.160. The minimum atomic E-state index is -0.362. The summed E-state index contributed by atoms with van der Waals surface area (Å²) in [7, 11) is 4.28. The average molecular weight is 385 g/mol. The Hall–Kier alpha value is -3.39. The van der Waals surface area contributed by atoms with Crippen molar-refractivity contribution >= 4 is 17.5 Å². The summed E-state index contributed by atoms with van der Waals surface area (Å²) in [6.45, 7) is 2.05. The van der Waals surface area contributed by atoms with Crippen molar-refractivity contribution in [2.24, 2.45) is 5.16 Å². The molecule has 0 saturated heterocycles. The Labute approximate surface area is 163 Å². The lowest BCUT2D eigenvalue weighted by Crippen LogP contribution is -2.29. The number of hydrogen-bond donors (Lipinski definition) is 2. The third-order valence-electron chi connectivity index (χ3n) is 3.91. The molecule has 0 spiro atoms. The van der Waals surface area contributed by atoms with E-state index < -0.39 is 0 Å². The third kappa shape index (κ3) is 5.08. The van der Waals surface area contributed by atoms with Gasteiger partial charge in [0.05, 0.1) is 7.11 Å². The fraction of sp³-hybridized carbons (Fsp3) is 0.250. The molecule has 28 heavy (non-hydrogen) atoms. The number of nitrogens with one attached hydrogen (secondary N) is 2. The van der Waals surface area contributed by atoms with E-state index >= 15 is 0 Å². The molecule has 0 aliphatic rings. The largest absolute Gasteiger partial charge is 0.489 e. The molecule has 0 aliphatic heterocycles. The lowest BCUT2D eigenvalue weighted by molar-refractivity contribution is -0.114. The number of benzene rings is 2. The number of hydrogen-bond acceptors (Lipinski definition) is 6. The van der Waals surface area contributed by atoms with Gasteiger partial charge in [0.2, 0.25) is 0 Å². The number of amides is 2. The maximum Gasteiger partial charge on any atom is 0.274 e. The first-order valence-corrected chi connectivity index (χ1v) is 8.50. The van der Waals surface area contributed by atoms with Gasteiger partial charge in [-0.25, -0.2) is 5.48 Å². The van der Waals surface area contributed by atoms with Crippen LogP contribution in [0.1, 0.15) is 27.0 Å². The van der Waals surface area contributed by atoms with Gasteiger partial charge in [-0.15, -0.1) is 0 Å². The van der Waals surface area contributed by atoms with Crippen LogP contribution in [0.4, 0.5) is 0 Å². The van der Waals surface area contributed by atoms with Crippen LogP contribution in [0.2, 0.25) is 0 Å². The van der Waals surface area contributed by atoms with Gasteiger partial charge in [-0.05, 0) is 36.2 Å². The molecule has 148 valence electrons. The molecule has 0 aliphatic carbocycles. The van der Waals surface area contributed by atoms with Crippen LogP contribution >= 0.6 is 0 Å². The molecule has 0 fully saturated rings. The fourth-order valence-electron chi connectivity index (χ4n) is 2.56. The number of rotatable bonds is 8. The Bertz CT molecular complexity index is 880. The van der Waals surface area contributed by atoms with E-state index in [4.69, 9.17) is 9.57 Å². The minimum Gasteiger partial charge on any atom is -0.489 e. The Morgan fingerprint density at radius 1 is 1.11 bits per heavy atom. The number of oxime groups is 1. The lowest BCUT2D eigenvalue weighted by atomic mass is 10.0. The number of likely N-dealkylation sites (N-methyl/N-ethyl adjacent to an activating group) is 1. The molecule has 0 aromatic heterocycles. The molecule has 0 bridgehead atoms. The Morgan fingerprint density at radius 3 is 2.50 bits per heavy atom. The topological polar surface area (TPSA) is 98.3 Å². The molecule has 2 aromatic rings. The number of nitrogens with zero attached hydrogens (tertiary/aromatic N) is 1. The summed E-state index contributed by atoms with van der Waals surface area (Å²) in [6.07, 6.45) is 0. The summed E-state index contributed by atoms with van der Waals surface area (Å²) >= 11 is 0. The second-order valence-electron chi connectivity index (χ2n) is 5.76. The van der Waals surface area contributed by atoms with E-state index in [2.05, 4.69) is 20.8 Å². The molecule has 0 heterocycles. The predicted molar refractivity (Wildman–Crippen MR) is 104 cm³/mol. The van der Waals surface area contributed by atoms with Crippen LogP contribution < -0.4 is 15.5 Å². The van der Waals surface area contributed by atoms with Crippen molar-refractivity contribution in [3.63, 3.8) is 0 Å². The van der Waals surface area contributed by atoms with E-state index in [1.54, 1.807) is 30.3 Å². The molecule has 0 radical (unpaired) electrons. The zero-order valence-electron chi connectivity index (χ0n) is 16.2. The zero-order valence-corrected chi connectivity index (χ0v) is 16.2. The van der Waals surface area contributed by atoms with Crippen LogP contribution in [0, 0.1) is 6.92 Å². The van der Waals surface area contributed by atoms with Crippen molar-refractivity contribution in [2.45, 2.75) is 13.5 Å². The summed E-state index contributed by atoms with van der Waals surface area (Å²) in [6, 6.07) is 12.3. The molecular weight excluding hydrogens is 362 g/mol. The number of carbonyl (C=O) groups is 2. The van der Waals surface area contributed by atoms with Crippen LogP contribution in [0.3, 0.4) is 0 Å². The number of carbonyl (C=O) groups excluding carboxylic acids is 2. The quantitative estimate of drug-likeness (QED) is 0.535.